The largest absolute Gasteiger partial charge is 0.381 e. The van der Waals surface area contributed by atoms with E-state index in [0.717, 1.165) is 6.07 Å². The van der Waals surface area contributed by atoms with Crippen molar-refractivity contribution in [3.8, 4) is 0 Å². The number of hydrogen-bond donors (Lipinski definition) is 0. The fourth-order valence-electron chi connectivity index (χ4n) is 1.28. The van der Waals surface area contributed by atoms with Crippen LogP contribution >= 0.6 is 11.6 Å². The minimum Gasteiger partial charge on any atom is -0.381 e. The van der Waals surface area contributed by atoms with Gasteiger partial charge in [-0.05, 0) is 24.6 Å². The number of benzene rings is 1. The van der Waals surface area contributed by atoms with Crippen LogP contribution in [0.5, 0.6) is 0 Å². The molecule has 0 heterocycles. The summed E-state index contributed by atoms with van der Waals surface area (Å²) in [6.07, 6.45) is 0. The van der Waals surface area contributed by atoms with Crippen LogP contribution in [0.4, 0.5) is 4.39 Å². The molecular weight excluding hydrogens is 267 g/mol. The molecule has 0 aromatic heterocycles. The summed E-state index contributed by atoms with van der Waals surface area (Å²) < 4.78 is 41.1. The van der Waals surface area contributed by atoms with Gasteiger partial charge in [-0.25, -0.2) is 12.8 Å². The number of halogens is 2. The molecule has 0 radical (unpaired) electrons. The van der Waals surface area contributed by atoms with Gasteiger partial charge in [0.25, 0.3) is 0 Å². The first kappa shape index (κ1) is 14.4. The summed E-state index contributed by atoms with van der Waals surface area (Å²) in [7, 11) is -3.27. The summed E-state index contributed by atoms with van der Waals surface area (Å²) in [5.74, 6) is -0.737. The SMILES string of the molecule is CCOCCS(=O)(=O)Cc1ccc(F)cc1Cl. The molecule has 6 heteroatoms. The lowest BCUT2D eigenvalue weighted by atomic mass is 10.2. The summed E-state index contributed by atoms with van der Waals surface area (Å²) in [6.45, 7) is 2.44. The van der Waals surface area contributed by atoms with E-state index < -0.39 is 15.7 Å². The predicted molar refractivity (Wildman–Crippen MR) is 65.4 cm³/mol. The highest BCUT2D eigenvalue weighted by Gasteiger charge is 2.14. The van der Waals surface area contributed by atoms with E-state index in [2.05, 4.69) is 0 Å². The van der Waals surface area contributed by atoms with Crippen LogP contribution in [0.25, 0.3) is 0 Å². The van der Waals surface area contributed by atoms with E-state index in [1.165, 1.54) is 12.1 Å². The van der Waals surface area contributed by atoms with Crippen LogP contribution in [0.1, 0.15) is 12.5 Å². The van der Waals surface area contributed by atoms with Crippen molar-refractivity contribution in [3.63, 3.8) is 0 Å². The molecule has 96 valence electrons. The van der Waals surface area contributed by atoms with Crippen LogP contribution in [-0.2, 0) is 20.3 Å². The smallest absolute Gasteiger partial charge is 0.156 e. The number of hydrogen-bond acceptors (Lipinski definition) is 3. The Morgan fingerprint density at radius 2 is 2.12 bits per heavy atom. The van der Waals surface area contributed by atoms with Crippen LogP contribution < -0.4 is 0 Å². The van der Waals surface area contributed by atoms with Crippen LogP contribution in [0.3, 0.4) is 0 Å². The molecular formula is C11H14ClFO3S. The van der Waals surface area contributed by atoms with Crippen molar-refractivity contribution in [1.82, 2.24) is 0 Å². The Morgan fingerprint density at radius 1 is 1.41 bits per heavy atom. The molecule has 0 spiro atoms. The van der Waals surface area contributed by atoms with E-state index in [0.29, 0.717) is 12.2 Å². The van der Waals surface area contributed by atoms with Gasteiger partial charge in [0.1, 0.15) is 5.82 Å². The van der Waals surface area contributed by atoms with E-state index >= 15 is 0 Å². The van der Waals surface area contributed by atoms with Crippen LogP contribution in [0.2, 0.25) is 5.02 Å². The predicted octanol–water partition coefficient (Wildman–Crippen LogP) is 2.43. The molecule has 0 N–H and O–H groups in total. The highest BCUT2D eigenvalue weighted by Crippen LogP contribution is 2.19. The lowest BCUT2D eigenvalue weighted by Gasteiger charge is -2.06. The second-order valence-corrected chi connectivity index (χ2v) is 6.12. The molecule has 17 heavy (non-hydrogen) atoms. The molecule has 3 nitrogen and oxygen atoms in total. The summed E-state index contributed by atoms with van der Waals surface area (Å²) >= 11 is 5.76. The van der Waals surface area contributed by atoms with Gasteiger partial charge in [-0.2, -0.15) is 0 Å². The first-order valence-corrected chi connectivity index (χ1v) is 7.36. The average molecular weight is 281 g/mol. The molecule has 1 rings (SSSR count). The first-order valence-electron chi connectivity index (χ1n) is 5.16. The Balaban J connectivity index is 2.69. The van der Waals surface area contributed by atoms with Gasteiger partial charge in [-0.3, -0.25) is 0 Å². The zero-order valence-electron chi connectivity index (χ0n) is 9.45. The number of ether oxygens (including phenoxy) is 1. The van der Waals surface area contributed by atoms with E-state index in [4.69, 9.17) is 16.3 Å². The van der Waals surface area contributed by atoms with Crippen LogP contribution in [0, 0.1) is 5.82 Å². The number of rotatable bonds is 6. The Bertz CT molecular complexity index is 474. The third-order valence-corrected chi connectivity index (χ3v) is 4.02. The third kappa shape index (κ3) is 5.02. The van der Waals surface area contributed by atoms with Crippen LogP contribution in [0.15, 0.2) is 18.2 Å². The van der Waals surface area contributed by atoms with Gasteiger partial charge in [0, 0.05) is 11.6 Å². The van der Waals surface area contributed by atoms with Crippen molar-refractivity contribution in [1.29, 1.82) is 0 Å². The molecule has 0 unspecified atom stereocenters. The lowest BCUT2D eigenvalue weighted by molar-refractivity contribution is 0.163. The monoisotopic (exact) mass is 280 g/mol. The van der Waals surface area contributed by atoms with E-state index in [1.807, 2.05) is 0 Å². The van der Waals surface area contributed by atoms with Crippen molar-refractivity contribution in [2.45, 2.75) is 12.7 Å². The molecule has 0 amide bonds. The normalized spacial score (nSPS) is 11.7. The molecule has 0 saturated heterocycles. The molecule has 0 aliphatic heterocycles. The highest BCUT2D eigenvalue weighted by molar-refractivity contribution is 7.90. The Kier molecular flexibility index (Phi) is 5.36. The van der Waals surface area contributed by atoms with Gasteiger partial charge in [0.05, 0.1) is 18.1 Å². The maximum absolute atomic E-state index is 12.8. The molecule has 0 aliphatic carbocycles. The Hall–Kier alpha value is -0.650. The fourth-order valence-corrected chi connectivity index (χ4v) is 2.83. The van der Waals surface area contributed by atoms with Gasteiger partial charge in [-0.1, -0.05) is 17.7 Å². The van der Waals surface area contributed by atoms with Gasteiger partial charge >= 0.3 is 0 Å². The maximum atomic E-state index is 12.8. The minimum absolute atomic E-state index is 0.0610. The molecule has 1 aromatic rings. The molecule has 0 fully saturated rings. The fraction of sp³-hybridized carbons (Fsp3) is 0.455. The lowest BCUT2D eigenvalue weighted by Crippen LogP contribution is -2.14. The highest BCUT2D eigenvalue weighted by atomic mass is 35.5. The molecule has 0 aliphatic rings. The van der Waals surface area contributed by atoms with Gasteiger partial charge in [0.15, 0.2) is 9.84 Å². The van der Waals surface area contributed by atoms with Gasteiger partial charge < -0.3 is 4.74 Å². The van der Waals surface area contributed by atoms with Gasteiger partial charge in [-0.15, -0.1) is 0 Å². The molecule has 0 bridgehead atoms. The molecule has 0 atom stereocenters. The van der Waals surface area contributed by atoms with E-state index in [9.17, 15) is 12.8 Å². The van der Waals surface area contributed by atoms with Crippen molar-refractivity contribution in [2.75, 3.05) is 19.0 Å². The number of sulfone groups is 1. The van der Waals surface area contributed by atoms with Gasteiger partial charge in [0.2, 0.25) is 0 Å². The minimum atomic E-state index is -3.27. The van der Waals surface area contributed by atoms with Crippen molar-refractivity contribution in [3.05, 3.63) is 34.6 Å². The van der Waals surface area contributed by atoms with Crippen molar-refractivity contribution >= 4 is 21.4 Å². The summed E-state index contributed by atoms with van der Waals surface area (Å²) in [5.41, 5.74) is 0.407. The summed E-state index contributed by atoms with van der Waals surface area (Å²) in [6, 6.07) is 3.68. The van der Waals surface area contributed by atoms with Crippen LogP contribution in [-0.4, -0.2) is 27.4 Å². The van der Waals surface area contributed by atoms with E-state index in [-0.39, 0.29) is 23.1 Å². The zero-order valence-corrected chi connectivity index (χ0v) is 11.0. The standard InChI is InChI=1S/C11H14ClFO3S/c1-2-16-5-6-17(14,15)8-9-3-4-10(13)7-11(9)12/h3-4,7H,2,5-6,8H2,1H3. The van der Waals surface area contributed by atoms with Crippen molar-refractivity contribution < 1.29 is 17.5 Å². The Morgan fingerprint density at radius 3 is 2.71 bits per heavy atom. The maximum Gasteiger partial charge on any atom is 0.156 e. The quantitative estimate of drug-likeness (QED) is 0.752. The summed E-state index contributed by atoms with van der Waals surface area (Å²) in [4.78, 5) is 0. The second-order valence-electron chi connectivity index (χ2n) is 3.52. The van der Waals surface area contributed by atoms with E-state index in [1.54, 1.807) is 6.92 Å². The topological polar surface area (TPSA) is 43.4 Å². The molecule has 0 saturated carbocycles. The summed E-state index contributed by atoms with van der Waals surface area (Å²) in [5, 5.41) is 0.130. The first-order chi connectivity index (χ1) is 7.94. The van der Waals surface area contributed by atoms with Crippen molar-refractivity contribution in [2.24, 2.45) is 0 Å². The third-order valence-electron chi connectivity index (χ3n) is 2.13. The average Bonchev–Trinajstić information content (AvgIpc) is 2.22. The second kappa shape index (κ2) is 6.33. The Labute approximate surface area is 105 Å². The zero-order chi connectivity index (χ0) is 12.9. The molecule has 1 aromatic carbocycles.